The van der Waals surface area contributed by atoms with E-state index in [4.69, 9.17) is 42.6 Å². The predicted octanol–water partition coefficient (Wildman–Crippen LogP) is 8.78. The van der Waals surface area contributed by atoms with Crippen LogP contribution in [0.4, 0.5) is 13.2 Å². The molecule has 9 nitrogen and oxygen atoms in total. The molecule has 0 bridgehead atoms. The summed E-state index contributed by atoms with van der Waals surface area (Å²) in [5, 5.41) is 0. The third-order valence-corrected chi connectivity index (χ3v) is 13.9. The lowest BCUT2D eigenvalue weighted by molar-refractivity contribution is -0.339. The van der Waals surface area contributed by atoms with Crippen LogP contribution in [-0.2, 0) is 48.8 Å². The number of rotatable bonds is 16. The number of alkyl halides is 3. The van der Waals surface area contributed by atoms with Crippen LogP contribution in [0.15, 0.2) is 30.3 Å². The van der Waals surface area contributed by atoms with E-state index in [1.807, 2.05) is 33.8 Å². The Morgan fingerprint density at radius 3 is 2.22 bits per heavy atom. The van der Waals surface area contributed by atoms with E-state index in [1.54, 1.807) is 7.11 Å². The molecule has 5 aliphatic rings. The summed E-state index contributed by atoms with van der Waals surface area (Å²) in [7, 11) is 1.65. The van der Waals surface area contributed by atoms with Gasteiger partial charge < -0.3 is 42.6 Å². The summed E-state index contributed by atoms with van der Waals surface area (Å²) < 4.78 is 96.9. The minimum absolute atomic E-state index is 0.0221. The van der Waals surface area contributed by atoms with Gasteiger partial charge in [0.05, 0.1) is 23.4 Å². The minimum Gasteiger partial charge on any atom is -0.376 e. The van der Waals surface area contributed by atoms with Gasteiger partial charge in [0.25, 0.3) is 0 Å². The van der Waals surface area contributed by atoms with Gasteiger partial charge in [-0.05, 0) is 125 Å². The van der Waals surface area contributed by atoms with E-state index >= 15 is 0 Å². The molecule has 0 N–H and O–H groups in total. The van der Waals surface area contributed by atoms with E-state index < -0.39 is 47.4 Å². The molecule has 1 aromatic carbocycles. The van der Waals surface area contributed by atoms with Gasteiger partial charge in [0, 0.05) is 32.3 Å². The van der Waals surface area contributed by atoms with Gasteiger partial charge in [-0.1, -0.05) is 32.1 Å². The van der Waals surface area contributed by atoms with Crippen LogP contribution in [0, 0.1) is 28.6 Å². The number of methoxy groups -OCH3 is 1. The molecule has 0 unspecified atom stereocenters. The number of ether oxygens (including phenoxy) is 9. The van der Waals surface area contributed by atoms with E-state index in [1.165, 1.54) is 12.1 Å². The van der Waals surface area contributed by atoms with Crippen molar-refractivity contribution in [3.05, 3.63) is 41.5 Å². The van der Waals surface area contributed by atoms with Gasteiger partial charge in [0.1, 0.15) is 38.7 Å². The topological polar surface area (TPSA) is 83.1 Å². The molecule has 1 saturated heterocycles. The summed E-state index contributed by atoms with van der Waals surface area (Å²) in [4.78, 5) is 0. The molecule has 54 heavy (non-hydrogen) atoms. The zero-order valence-electron chi connectivity index (χ0n) is 33.3. The van der Waals surface area contributed by atoms with Gasteiger partial charge >= 0.3 is 6.18 Å². The lowest BCUT2D eigenvalue weighted by Crippen LogP contribution is -2.63. The smallest absolute Gasteiger partial charge is 0.376 e. The number of hydrogen-bond acceptors (Lipinski definition) is 9. The number of fused-ring (bicyclic) bond motifs is 5. The van der Waals surface area contributed by atoms with Crippen LogP contribution >= 0.6 is 0 Å². The van der Waals surface area contributed by atoms with Crippen molar-refractivity contribution < 1.29 is 55.8 Å². The van der Waals surface area contributed by atoms with Crippen LogP contribution < -0.4 is 0 Å². The summed E-state index contributed by atoms with van der Waals surface area (Å²) in [6, 6.07) is 5.81. The third kappa shape index (κ3) is 7.94. The van der Waals surface area contributed by atoms with Crippen LogP contribution in [-0.4, -0.2) is 89.7 Å². The monoisotopic (exact) mass is 768 g/mol. The molecule has 1 aliphatic heterocycles. The highest BCUT2D eigenvalue weighted by atomic mass is 19.4. The predicted molar refractivity (Wildman–Crippen MR) is 196 cm³/mol. The Labute approximate surface area is 319 Å². The first kappa shape index (κ1) is 42.0. The fraction of sp³-hybridized carbons (Fsp3) is 0.810. The fourth-order valence-electron chi connectivity index (χ4n) is 11.1. The van der Waals surface area contributed by atoms with Gasteiger partial charge in [0.2, 0.25) is 0 Å². The molecule has 1 heterocycles. The molecular formula is C42H63F3O9. The van der Waals surface area contributed by atoms with Crippen molar-refractivity contribution in [1.82, 2.24) is 0 Å². The largest absolute Gasteiger partial charge is 0.416 e. The first-order valence-corrected chi connectivity index (χ1v) is 20.2. The van der Waals surface area contributed by atoms with E-state index in [9.17, 15) is 13.2 Å². The Kier molecular flexibility index (Phi) is 13.6. The second-order valence-electron chi connectivity index (χ2n) is 16.3. The highest BCUT2D eigenvalue weighted by molar-refractivity contribution is 5.75. The number of hydrogen-bond donors (Lipinski definition) is 0. The highest BCUT2D eigenvalue weighted by Gasteiger charge is 2.67. The van der Waals surface area contributed by atoms with E-state index in [-0.39, 0.29) is 43.9 Å². The van der Waals surface area contributed by atoms with Crippen molar-refractivity contribution in [2.75, 3.05) is 47.3 Å². The van der Waals surface area contributed by atoms with Crippen molar-refractivity contribution in [3.63, 3.8) is 0 Å². The SMILES string of the molecule is CCOCO[C@@H]1[C@H](O[C@H]2CC[C@@]3(C)[C@H](CC[C@@H]4[C@@H]3CC[C@]3(C)C(c5cccc(C(F)(F)F)c5)=CC[C@]43OCOCC)C2)O[C@@H](C)[C@H](OCOCC)[C@H]1OC. The van der Waals surface area contributed by atoms with Crippen LogP contribution in [0.5, 0.6) is 0 Å². The van der Waals surface area contributed by atoms with Gasteiger partial charge in [0.15, 0.2) is 6.29 Å². The molecule has 4 aliphatic carbocycles. The highest BCUT2D eigenvalue weighted by Crippen LogP contribution is 2.70. The summed E-state index contributed by atoms with van der Waals surface area (Å²) >= 11 is 0. The van der Waals surface area contributed by atoms with Crippen LogP contribution in [0.2, 0.25) is 0 Å². The minimum atomic E-state index is -4.41. The molecule has 3 saturated carbocycles. The maximum absolute atomic E-state index is 13.8. The second-order valence-corrected chi connectivity index (χ2v) is 16.3. The van der Waals surface area contributed by atoms with Crippen molar-refractivity contribution in [2.24, 2.45) is 28.6 Å². The van der Waals surface area contributed by atoms with Gasteiger partial charge in [-0.2, -0.15) is 13.2 Å². The summed E-state index contributed by atoms with van der Waals surface area (Å²) in [6.07, 6.45) is 2.60. The number of benzene rings is 1. The molecular weight excluding hydrogens is 705 g/mol. The summed E-state index contributed by atoms with van der Waals surface area (Å²) in [5.41, 5.74) is 0.0248. The van der Waals surface area contributed by atoms with Crippen LogP contribution in [0.25, 0.3) is 5.57 Å². The molecule has 0 amide bonds. The Balaban J connectivity index is 1.19. The summed E-state index contributed by atoms with van der Waals surface area (Å²) in [5.74, 6) is 1.08. The lowest BCUT2D eigenvalue weighted by Gasteiger charge is -2.64. The van der Waals surface area contributed by atoms with Crippen molar-refractivity contribution in [3.8, 4) is 0 Å². The standard InChI is InChI=1S/C42H63F3O9/c1-8-47-24-50-35-27(4)53-38(37(36(35)46-7)51-25-48-9-2)54-31-16-19-39(5)29(23-31)14-15-34-33(39)17-20-40(6)32(18-21-41(34,40)52-26-49-10-3)28-12-11-13-30(22-28)42(43,44)45/h11-13,18,22,27,29,31,33-38H,8-10,14-17,19-21,23-26H2,1-7H3/t27-,29+,31-,33-,34+,35-,36+,37-,38-,39-,40+,41-/m0/s1. The van der Waals surface area contributed by atoms with E-state index in [0.717, 1.165) is 56.6 Å². The number of halogens is 3. The Hall–Kier alpha value is -1.61. The van der Waals surface area contributed by atoms with Gasteiger partial charge in [-0.15, -0.1) is 0 Å². The Morgan fingerprint density at radius 1 is 0.833 bits per heavy atom. The average molecular weight is 769 g/mol. The first-order valence-electron chi connectivity index (χ1n) is 20.2. The van der Waals surface area contributed by atoms with Gasteiger partial charge in [-0.3, -0.25) is 0 Å². The Bertz CT molecular complexity index is 1410. The van der Waals surface area contributed by atoms with Crippen molar-refractivity contribution in [1.29, 1.82) is 0 Å². The third-order valence-electron chi connectivity index (χ3n) is 13.9. The average Bonchev–Trinajstić information content (AvgIpc) is 3.45. The molecule has 6 rings (SSSR count). The van der Waals surface area contributed by atoms with E-state index in [0.29, 0.717) is 43.6 Å². The molecule has 0 radical (unpaired) electrons. The Morgan fingerprint density at radius 2 is 1.54 bits per heavy atom. The molecule has 1 aromatic rings. The first-order chi connectivity index (χ1) is 25.9. The quantitative estimate of drug-likeness (QED) is 0.0932. The molecule has 12 atom stereocenters. The second kappa shape index (κ2) is 17.5. The molecule has 0 spiro atoms. The van der Waals surface area contributed by atoms with Crippen molar-refractivity contribution in [2.45, 2.75) is 141 Å². The van der Waals surface area contributed by atoms with Crippen molar-refractivity contribution >= 4 is 5.57 Å². The zero-order valence-corrected chi connectivity index (χ0v) is 33.3. The zero-order chi connectivity index (χ0) is 38.7. The lowest BCUT2D eigenvalue weighted by atomic mass is 9.43. The normalized spacial score (nSPS) is 39.4. The summed E-state index contributed by atoms with van der Waals surface area (Å²) in [6.45, 7) is 14.4. The van der Waals surface area contributed by atoms with Gasteiger partial charge in [-0.25, -0.2) is 0 Å². The fourth-order valence-corrected chi connectivity index (χ4v) is 11.1. The maximum atomic E-state index is 13.8. The maximum Gasteiger partial charge on any atom is 0.416 e. The molecule has 12 heteroatoms. The van der Waals surface area contributed by atoms with Crippen LogP contribution in [0.1, 0.15) is 104 Å². The molecule has 306 valence electrons. The molecule has 4 fully saturated rings. The molecule has 0 aromatic heterocycles. The van der Waals surface area contributed by atoms with E-state index in [2.05, 4.69) is 19.9 Å². The van der Waals surface area contributed by atoms with Crippen LogP contribution in [0.3, 0.4) is 0 Å².